The molecule has 4 aromatic rings. The van der Waals surface area contributed by atoms with Crippen molar-refractivity contribution < 1.29 is 4.74 Å². The number of anilines is 2. The standard InChI is InChI=1S/C16H16O.C12H11N/c1-2-17-16-12-10-15(11-13-16)9-8-14-6-4-3-5-7-14;1-3-7-11(8-4-1)13-12-9-5-2-6-10-12/h3-13H,2H2,1H3;1-10,13H. The molecule has 0 fully saturated rings. The van der Waals surface area contributed by atoms with Crippen LogP contribution in [0, 0.1) is 0 Å². The molecule has 0 saturated carbocycles. The van der Waals surface area contributed by atoms with Crippen LogP contribution in [0.25, 0.3) is 12.2 Å². The monoisotopic (exact) mass is 393 g/mol. The average molecular weight is 394 g/mol. The molecule has 0 amide bonds. The van der Waals surface area contributed by atoms with Crippen molar-refractivity contribution in [3.63, 3.8) is 0 Å². The zero-order chi connectivity index (χ0) is 20.9. The first-order valence-electron chi connectivity index (χ1n) is 10.2. The summed E-state index contributed by atoms with van der Waals surface area (Å²) < 4.78 is 5.40. The van der Waals surface area contributed by atoms with Gasteiger partial charge in [0.2, 0.25) is 0 Å². The number of rotatable bonds is 6. The highest BCUT2D eigenvalue weighted by Crippen LogP contribution is 2.15. The van der Waals surface area contributed by atoms with Crippen molar-refractivity contribution >= 4 is 23.5 Å². The van der Waals surface area contributed by atoms with Gasteiger partial charge in [0, 0.05) is 11.4 Å². The molecule has 30 heavy (non-hydrogen) atoms. The Balaban J connectivity index is 0.000000177. The van der Waals surface area contributed by atoms with E-state index in [1.807, 2.05) is 97.9 Å². The lowest BCUT2D eigenvalue weighted by atomic mass is 10.1. The molecular formula is C28H27NO. The molecule has 2 nitrogen and oxygen atoms in total. The van der Waals surface area contributed by atoms with Crippen LogP contribution in [0.5, 0.6) is 5.75 Å². The highest BCUT2D eigenvalue weighted by molar-refractivity contribution is 5.69. The van der Waals surface area contributed by atoms with E-state index in [1.165, 1.54) is 11.1 Å². The third-order valence-electron chi connectivity index (χ3n) is 4.30. The van der Waals surface area contributed by atoms with E-state index in [0.29, 0.717) is 6.61 Å². The van der Waals surface area contributed by atoms with E-state index in [4.69, 9.17) is 4.74 Å². The Bertz CT molecular complexity index is 957. The number of benzene rings is 4. The molecule has 0 aliphatic heterocycles. The van der Waals surface area contributed by atoms with E-state index < -0.39 is 0 Å². The fourth-order valence-corrected chi connectivity index (χ4v) is 2.81. The van der Waals surface area contributed by atoms with Crippen LogP contribution < -0.4 is 10.1 Å². The van der Waals surface area contributed by atoms with Gasteiger partial charge in [-0.05, 0) is 54.4 Å². The molecule has 4 rings (SSSR count). The summed E-state index contributed by atoms with van der Waals surface area (Å²) in [6.07, 6.45) is 4.21. The van der Waals surface area contributed by atoms with E-state index in [-0.39, 0.29) is 0 Å². The second-order valence-electron chi connectivity index (χ2n) is 6.60. The van der Waals surface area contributed by atoms with Gasteiger partial charge in [0.25, 0.3) is 0 Å². The third-order valence-corrected chi connectivity index (χ3v) is 4.30. The van der Waals surface area contributed by atoms with E-state index in [2.05, 4.69) is 41.7 Å². The second kappa shape index (κ2) is 11.9. The number of para-hydroxylation sites is 2. The summed E-state index contributed by atoms with van der Waals surface area (Å²) in [4.78, 5) is 0. The zero-order valence-corrected chi connectivity index (χ0v) is 17.2. The minimum Gasteiger partial charge on any atom is -0.494 e. The molecule has 2 heteroatoms. The van der Waals surface area contributed by atoms with Crippen molar-refractivity contribution in [3.8, 4) is 5.75 Å². The van der Waals surface area contributed by atoms with Crippen LogP contribution in [0.15, 0.2) is 115 Å². The van der Waals surface area contributed by atoms with Crippen LogP contribution in [-0.4, -0.2) is 6.61 Å². The summed E-state index contributed by atoms with van der Waals surface area (Å²) in [6.45, 7) is 2.70. The molecule has 0 bridgehead atoms. The highest BCUT2D eigenvalue weighted by Gasteiger charge is 1.92. The van der Waals surface area contributed by atoms with Crippen molar-refractivity contribution in [2.75, 3.05) is 11.9 Å². The summed E-state index contributed by atoms with van der Waals surface area (Å²) in [5, 5.41) is 3.30. The molecular weight excluding hydrogens is 366 g/mol. The smallest absolute Gasteiger partial charge is 0.119 e. The molecule has 150 valence electrons. The van der Waals surface area contributed by atoms with Crippen molar-refractivity contribution in [1.29, 1.82) is 0 Å². The predicted molar refractivity (Wildman–Crippen MR) is 129 cm³/mol. The van der Waals surface area contributed by atoms with Crippen LogP contribution in [0.4, 0.5) is 11.4 Å². The van der Waals surface area contributed by atoms with Gasteiger partial charge in [0.05, 0.1) is 6.61 Å². The molecule has 0 radical (unpaired) electrons. The van der Waals surface area contributed by atoms with Crippen LogP contribution >= 0.6 is 0 Å². The first kappa shape index (κ1) is 20.9. The van der Waals surface area contributed by atoms with Crippen LogP contribution in [0.3, 0.4) is 0 Å². The Kier molecular flexibility index (Phi) is 8.33. The van der Waals surface area contributed by atoms with E-state index in [9.17, 15) is 0 Å². The number of nitrogens with one attached hydrogen (secondary N) is 1. The van der Waals surface area contributed by atoms with E-state index >= 15 is 0 Å². The van der Waals surface area contributed by atoms with Gasteiger partial charge in [-0.1, -0.05) is 91.0 Å². The molecule has 0 spiro atoms. The fraction of sp³-hybridized carbons (Fsp3) is 0.0714. The maximum Gasteiger partial charge on any atom is 0.119 e. The molecule has 0 atom stereocenters. The maximum absolute atomic E-state index is 5.40. The molecule has 0 aliphatic carbocycles. The summed E-state index contributed by atoms with van der Waals surface area (Å²) in [6, 6.07) is 38.7. The molecule has 0 heterocycles. The van der Waals surface area contributed by atoms with Gasteiger partial charge in [0.15, 0.2) is 0 Å². The van der Waals surface area contributed by atoms with Crippen LogP contribution in [-0.2, 0) is 0 Å². The first-order valence-corrected chi connectivity index (χ1v) is 10.2. The molecule has 0 saturated heterocycles. The van der Waals surface area contributed by atoms with Gasteiger partial charge in [-0.2, -0.15) is 0 Å². The third kappa shape index (κ3) is 7.33. The van der Waals surface area contributed by atoms with Crippen molar-refractivity contribution in [2.45, 2.75) is 6.92 Å². The number of hydrogen-bond donors (Lipinski definition) is 1. The average Bonchev–Trinajstić information content (AvgIpc) is 2.81. The Morgan fingerprint density at radius 3 is 1.47 bits per heavy atom. The van der Waals surface area contributed by atoms with Crippen molar-refractivity contribution in [2.24, 2.45) is 0 Å². The fourth-order valence-electron chi connectivity index (χ4n) is 2.81. The van der Waals surface area contributed by atoms with Crippen molar-refractivity contribution in [3.05, 3.63) is 126 Å². The summed E-state index contributed by atoms with van der Waals surface area (Å²) in [5.41, 5.74) is 4.63. The lowest BCUT2D eigenvalue weighted by molar-refractivity contribution is 0.340. The van der Waals surface area contributed by atoms with Gasteiger partial charge < -0.3 is 10.1 Å². The molecule has 1 N–H and O–H groups in total. The van der Waals surface area contributed by atoms with Crippen molar-refractivity contribution in [1.82, 2.24) is 0 Å². The Morgan fingerprint density at radius 1 is 0.567 bits per heavy atom. The topological polar surface area (TPSA) is 21.3 Å². The van der Waals surface area contributed by atoms with E-state index in [0.717, 1.165) is 17.1 Å². The molecule has 4 aromatic carbocycles. The quantitative estimate of drug-likeness (QED) is 0.339. The second-order valence-corrected chi connectivity index (χ2v) is 6.60. The molecule has 0 aliphatic rings. The van der Waals surface area contributed by atoms with Gasteiger partial charge >= 0.3 is 0 Å². The number of hydrogen-bond acceptors (Lipinski definition) is 2. The summed E-state index contributed by atoms with van der Waals surface area (Å²) in [7, 11) is 0. The van der Waals surface area contributed by atoms with Gasteiger partial charge in [0.1, 0.15) is 5.75 Å². The van der Waals surface area contributed by atoms with E-state index in [1.54, 1.807) is 0 Å². The molecule has 0 unspecified atom stereocenters. The normalized spacial score (nSPS) is 10.2. The summed E-state index contributed by atoms with van der Waals surface area (Å²) >= 11 is 0. The predicted octanol–water partition coefficient (Wildman–Crippen LogP) is 7.69. The maximum atomic E-state index is 5.40. The minimum atomic E-state index is 0.708. The lowest BCUT2D eigenvalue weighted by Gasteiger charge is -2.04. The number of ether oxygens (including phenoxy) is 1. The zero-order valence-electron chi connectivity index (χ0n) is 17.2. The summed E-state index contributed by atoms with van der Waals surface area (Å²) in [5.74, 6) is 0.921. The van der Waals surface area contributed by atoms with Crippen LogP contribution in [0.2, 0.25) is 0 Å². The molecule has 0 aromatic heterocycles. The largest absolute Gasteiger partial charge is 0.494 e. The first-order chi connectivity index (χ1) is 14.8. The van der Waals surface area contributed by atoms with Gasteiger partial charge in [-0.25, -0.2) is 0 Å². The SMILES string of the molecule is CCOc1ccc(C=Cc2ccccc2)cc1.c1ccc(Nc2ccccc2)cc1. The highest BCUT2D eigenvalue weighted by atomic mass is 16.5. The van der Waals surface area contributed by atoms with Gasteiger partial charge in [-0.15, -0.1) is 0 Å². The Morgan fingerprint density at radius 2 is 1.00 bits per heavy atom. The Labute approximate surface area is 179 Å². The van der Waals surface area contributed by atoms with Gasteiger partial charge in [-0.3, -0.25) is 0 Å². The lowest BCUT2D eigenvalue weighted by Crippen LogP contribution is -1.90. The Hall–Kier alpha value is -3.78. The van der Waals surface area contributed by atoms with Crippen LogP contribution in [0.1, 0.15) is 18.1 Å². The minimum absolute atomic E-state index is 0.708.